The fourth-order valence-electron chi connectivity index (χ4n) is 8.93. The van der Waals surface area contributed by atoms with Gasteiger partial charge in [-0.1, -0.05) is 83.1 Å². The van der Waals surface area contributed by atoms with Crippen LogP contribution in [0.15, 0.2) is 66.7 Å². The predicted octanol–water partition coefficient (Wildman–Crippen LogP) is 8.49. The van der Waals surface area contributed by atoms with Crippen molar-refractivity contribution in [3.8, 4) is 22.5 Å². The molecule has 0 amide bonds. The number of aryl methyl sites for hydroxylation is 1. The van der Waals surface area contributed by atoms with E-state index in [9.17, 15) is 5.11 Å². The van der Waals surface area contributed by atoms with Gasteiger partial charge in [0.05, 0.1) is 12.2 Å². The molecule has 1 N–H and O–H groups in total. The molecule has 0 saturated heterocycles. The van der Waals surface area contributed by atoms with Crippen LogP contribution in [-0.4, -0.2) is 30.4 Å². The van der Waals surface area contributed by atoms with Crippen molar-refractivity contribution in [2.45, 2.75) is 83.6 Å². The van der Waals surface area contributed by atoms with Gasteiger partial charge in [-0.2, -0.15) is 0 Å². The largest absolute Gasteiger partial charge is 0.396 e. The molecule has 5 aromatic rings. The zero-order valence-corrected chi connectivity index (χ0v) is 27.5. The number of rotatable bonds is 6. The third kappa shape index (κ3) is 3.71. The van der Waals surface area contributed by atoms with Gasteiger partial charge in [-0.15, -0.1) is 0 Å². The van der Waals surface area contributed by atoms with E-state index in [4.69, 9.17) is 9.72 Å². The summed E-state index contributed by atoms with van der Waals surface area (Å²) in [4.78, 5) is 5.49. The Labute approximate surface area is 261 Å². The van der Waals surface area contributed by atoms with Crippen LogP contribution in [0.5, 0.6) is 0 Å². The van der Waals surface area contributed by atoms with Gasteiger partial charge >= 0.3 is 0 Å². The Hall–Kier alpha value is -3.60. The Kier molecular flexibility index (Phi) is 6.59. The molecule has 44 heavy (non-hydrogen) atoms. The van der Waals surface area contributed by atoms with Crippen LogP contribution in [-0.2, 0) is 21.1 Å². The quantitative estimate of drug-likeness (QED) is 0.203. The van der Waals surface area contributed by atoms with Crippen LogP contribution in [0.2, 0.25) is 0 Å². The van der Waals surface area contributed by atoms with E-state index in [0.29, 0.717) is 18.9 Å². The molecule has 2 aliphatic rings. The Morgan fingerprint density at radius 3 is 2.25 bits per heavy atom. The van der Waals surface area contributed by atoms with E-state index in [2.05, 4.69) is 120 Å². The zero-order valence-electron chi connectivity index (χ0n) is 27.5. The first kappa shape index (κ1) is 29.1. The summed E-state index contributed by atoms with van der Waals surface area (Å²) < 4.78 is 8.30. The van der Waals surface area contributed by atoms with Gasteiger partial charge in [0.1, 0.15) is 11.2 Å². The highest BCUT2D eigenvalue weighted by Crippen LogP contribution is 2.58. The number of aliphatic hydroxyl groups excluding tert-OH is 1. The third-order valence-electron chi connectivity index (χ3n) is 11.3. The molecule has 2 atom stereocenters. The summed E-state index contributed by atoms with van der Waals surface area (Å²) in [6.07, 6.45) is 1.45. The van der Waals surface area contributed by atoms with Gasteiger partial charge in [0.25, 0.3) is 5.82 Å². The molecular formula is C40H45N2O2+. The molecule has 1 aromatic heterocycles. The Morgan fingerprint density at radius 2 is 1.57 bits per heavy atom. The molecule has 4 nitrogen and oxygen atoms in total. The van der Waals surface area contributed by atoms with Crippen LogP contribution < -0.4 is 4.57 Å². The minimum atomic E-state index is -0.389. The summed E-state index contributed by atoms with van der Waals surface area (Å²) in [6, 6.07) is 24.9. The summed E-state index contributed by atoms with van der Waals surface area (Å²) in [5.74, 6) is 1.44. The van der Waals surface area contributed by atoms with Crippen molar-refractivity contribution in [1.29, 1.82) is 0 Å². The molecule has 7 rings (SSSR count). The number of hydrogen-bond donors (Lipinski definition) is 1. The lowest BCUT2D eigenvalue weighted by Gasteiger charge is -2.50. The highest BCUT2D eigenvalue weighted by atomic mass is 16.5. The lowest BCUT2D eigenvalue weighted by atomic mass is 9.59. The van der Waals surface area contributed by atoms with E-state index in [1.54, 1.807) is 7.11 Å². The SMILES string of the molecule is COCCC1(C)[n+]2c(C)nc3c(c2-c2cc4ccccc4cc2C1(C)CCO)C(C)(C)c1c-3ccc2c(C(C)C)cccc12. The number of aromatic nitrogens is 2. The molecule has 1 aliphatic carbocycles. The first-order chi connectivity index (χ1) is 21.0. The van der Waals surface area contributed by atoms with E-state index in [0.717, 1.165) is 17.9 Å². The molecule has 226 valence electrons. The maximum atomic E-state index is 10.6. The number of aliphatic hydroxyl groups is 1. The molecule has 0 fully saturated rings. The smallest absolute Gasteiger partial charge is 0.296 e. The highest BCUT2D eigenvalue weighted by Gasteiger charge is 2.58. The van der Waals surface area contributed by atoms with E-state index < -0.39 is 0 Å². The number of hydrogen-bond acceptors (Lipinski definition) is 3. The van der Waals surface area contributed by atoms with Crippen molar-refractivity contribution in [1.82, 2.24) is 4.98 Å². The molecule has 0 bridgehead atoms. The monoisotopic (exact) mass is 585 g/mol. The molecular weight excluding hydrogens is 540 g/mol. The van der Waals surface area contributed by atoms with Crippen molar-refractivity contribution >= 4 is 21.5 Å². The van der Waals surface area contributed by atoms with Crippen LogP contribution in [0.1, 0.15) is 88.4 Å². The van der Waals surface area contributed by atoms with E-state index in [1.165, 1.54) is 60.6 Å². The number of ether oxygens (including phenoxy) is 1. The predicted molar refractivity (Wildman–Crippen MR) is 180 cm³/mol. The average molecular weight is 586 g/mol. The first-order valence-corrected chi connectivity index (χ1v) is 16.2. The van der Waals surface area contributed by atoms with Gasteiger partial charge in [0.15, 0.2) is 5.69 Å². The van der Waals surface area contributed by atoms with Gasteiger partial charge in [0, 0.05) is 49.0 Å². The molecule has 0 radical (unpaired) electrons. The number of methoxy groups -OCH3 is 1. The lowest BCUT2D eigenvalue weighted by Crippen LogP contribution is -2.70. The molecule has 0 saturated carbocycles. The summed E-state index contributed by atoms with van der Waals surface area (Å²) in [5, 5.41) is 15.7. The number of benzene rings is 4. The summed E-state index contributed by atoms with van der Waals surface area (Å²) in [5.41, 5.74) is 9.20. The first-order valence-electron chi connectivity index (χ1n) is 16.2. The summed E-state index contributed by atoms with van der Waals surface area (Å²) in [7, 11) is 1.78. The number of nitrogens with zero attached hydrogens (tertiary/aromatic N) is 2. The van der Waals surface area contributed by atoms with Gasteiger partial charge in [-0.3, -0.25) is 0 Å². The van der Waals surface area contributed by atoms with Gasteiger partial charge < -0.3 is 9.84 Å². The summed E-state index contributed by atoms with van der Waals surface area (Å²) in [6.45, 7) is 17.0. The Balaban J connectivity index is 1.64. The fourth-order valence-corrected chi connectivity index (χ4v) is 8.93. The molecule has 4 aromatic carbocycles. The molecule has 2 heterocycles. The zero-order chi connectivity index (χ0) is 31.2. The van der Waals surface area contributed by atoms with Crippen molar-refractivity contribution in [3.05, 3.63) is 94.8 Å². The fraction of sp³-hybridized carbons (Fsp3) is 0.400. The number of fused-ring (bicyclic) bond motifs is 10. The van der Waals surface area contributed by atoms with Crippen molar-refractivity contribution < 1.29 is 14.4 Å². The van der Waals surface area contributed by atoms with E-state index in [-0.39, 0.29) is 23.0 Å². The van der Waals surface area contributed by atoms with Crippen molar-refractivity contribution in [2.24, 2.45) is 0 Å². The highest BCUT2D eigenvalue weighted by molar-refractivity contribution is 6.00. The summed E-state index contributed by atoms with van der Waals surface area (Å²) >= 11 is 0. The van der Waals surface area contributed by atoms with E-state index in [1.807, 2.05) is 0 Å². The van der Waals surface area contributed by atoms with Crippen molar-refractivity contribution in [2.75, 3.05) is 20.3 Å². The normalized spacial score (nSPS) is 21.4. The molecule has 1 aliphatic heterocycles. The Morgan fingerprint density at radius 1 is 0.841 bits per heavy atom. The standard InChI is InChI=1S/C40H45N2O2/c1-24(2)28-14-11-15-30-29(28)16-17-31-34(30)38(4,5)35-36(31)41-25(3)42-37(35)32-22-26-12-9-10-13-27(26)23-33(32)39(6,18-20-43)40(42,7)19-21-44-8/h9-17,22-24,43H,18-21H2,1-8H3/q+1. The van der Waals surface area contributed by atoms with Crippen LogP contribution in [0, 0.1) is 6.92 Å². The topological polar surface area (TPSA) is 46.2 Å². The Bertz CT molecular complexity index is 1970. The maximum absolute atomic E-state index is 10.6. The van der Waals surface area contributed by atoms with Crippen LogP contribution in [0.4, 0.5) is 0 Å². The molecule has 2 unspecified atom stereocenters. The lowest BCUT2D eigenvalue weighted by molar-refractivity contribution is -0.773. The van der Waals surface area contributed by atoms with Gasteiger partial charge in [-0.05, 0) is 80.7 Å². The van der Waals surface area contributed by atoms with Crippen LogP contribution >= 0.6 is 0 Å². The van der Waals surface area contributed by atoms with E-state index >= 15 is 0 Å². The van der Waals surface area contributed by atoms with Gasteiger partial charge in [-0.25, -0.2) is 4.57 Å². The molecule has 4 heteroatoms. The van der Waals surface area contributed by atoms with Crippen LogP contribution in [0.3, 0.4) is 0 Å². The van der Waals surface area contributed by atoms with Crippen LogP contribution in [0.25, 0.3) is 44.1 Å². The minimum absolute atomic E-state index is 0.111. The second-order valence-corrected chi connectivity index (χ2v) is 14.3. The second-order valence-electron chi connectivity index (χ2n) is 14.3. The average Bonchev–Trinajstić information content (AvgIpc) is 3.23. The minimum Gasteiger partial charge on any atom is -0.396 e. The van der Waals surface area contributed by atoms with Gasteiger partial charge in [0.2, 0.25) is 0 Å². The third-order valence-corrected chi connectivity index (χ3v) is 11.3. The second kappa shape index (κ2) is 9.95. The van der Waals surface area contributed by atoms with Crippen molar-refractivity contribution in [3.63, 3.8) is 0 Å². The maximum Gasteiger partial charge on any atom is 0.296 e. The molecule has 0 spiro atoms.